The molecule has 0 aliphatic heterocycles. The van der Waals surface area contributed by atoms with E-state index in [2.05, 4.69) is 10.6 Å². The van der Waals surface area contributed by atoms with Crippen LogP contribution in [-0.4, -0.2) is 12.6 Å². The van der Waals surface area contributed by atoms with Crippen molar-refractivity contribution in [3.05, 3.63) is 29.8 Å². The highest BCUT2D eigenvalue weighted by atomic mass is 19.2. The number of benzene rings is 1. The second kappa shape index (κ2) is 4.47. The number of anilines is 1. The normalized spacial score (nSPS) is 14.6. The van der Waals surface area contributed by atoms with E-state index in [4.69, 9.17) is 0 Å². The molecule has 0 radical (unpaired) electrons. The Morgan fingerprint density at radius 3 is 2.81 bits per heavy atom. The van der Waals surface area contributed by atoms with Gasteiger partial charge in [0.2, 0.25) is 0 Å². The third-order valence-corrected chi connectivity index (χ3v) is 2.45. The van der Waals surface area contributed by atoms with Gasteiger partial charge in [-0.05, 0) is 30.9 Å². The van der Waals surface area contributed by atoms with Crippen LogP contribution in [0.3, 0.4) is 0 Å². The van der Waals surface area contributed by atoms with E-state index in [1.54, 1.807) is 0 Å². The standard InChI is InChI=1S/C11H12F2N2O/c12-8-2-1-3-9(10(8)13)15-11(16)14-6-7-4-5-7/h1-3,7H,4-6H2,(H2,14,15,16). The highest BCUT2D eigenvalue weighted by Gasteiger charge is 2.21. The fourth-order valence-corrected chi connectivity index (χ4v) is 1.33. The van der Waals surface area contributed by atoms with Gasteiger partial charge in [-0.15, -0.1) is 0 Å². The molecular weight excluding hydrogens is 214 g/mol. The minimum Gasteiger partial charge on any atom is -0.338 e. The van der Waals surface area contributed by atoms with E-state index in [0.717, 1.165) is 18.9 Å². The maximum atomic E-state index is 13.2. The molecule has 3 nitrogen and oxygen atoms in total. The van der Waals surface area contributed by atoms with Crippen molar-refractivity contribution in [2.75, 3.05) is 11.9 Å². The molecule has 1 aliphatic rings. The summed E-state index contributed by atoms with van der Waals surface area (Å²) in [4.78, 5) is 11.3. The van der Waals surface area contributed by atoms with Crippen molar-refractivity contribution in [3.63, 3.8) is 0 Å². The Morgan fingerprint density at radius 1 is 1.38 bits per heavy atom. The topological polar surface area (TPSA) is 41.1 Å². The van der Waals surface area contributed by atoms with Gasteiger partial charge >= 0.3 is 6.03 Å². The zero-order valence-corrected chi connectivity index (χ0v) is 8.59. The summed E-state index contributed by atoms with van der Waals surface area (Å²) in [7, 11) is 0. The fourth-order valence-electron chi connectivity index (χ4n) is 1.33. The smallest absolute Gasteiger partial charge is 0.319 e. The van der Waals surface area contributed by atoms with Gasteiger partial charge in [0.15, 0.2) is 11.6 Å². The van der Waals surface area contributed by atoms with Crippen LogP contribution >= 0.6 is 0 Å². The lowest BCUT2D eigenvalue weighted by molar-refractivity contribution is 0.251. The first-order chi connectivity index (χ1) is 7.66. The summed E-state index contributed by atoms with van der Waals surface area (Å²) in [6.45, 7) is 0.586. The molecule has 1 aliphatic carbocycles. The Bertz CT molecular complexity index is 405. The molecule has 86 valence electrons. The van der Waals surface area contributed by atoms with Crippen molar-refractivity contribution in [3.8, 4) is 0 Å². The third kappa shape index (κ3) is 2.68. The minimum atomic E-state index is -1.04. The summed E-state index contributed by atoms with van der Waals surface area (Å²) in [6.07, 6.45) is 2.24. The summed E-state index contributed by atoms with van der Waals surface area (Å²) in [5, 5.41) is 4.87. The van der Waals surface area contributed by atoms with Gasteiger partial charge in [0, 0.05) is 6.54 Å². The van der Waals surface area contributed by atoms with Gasteiger partial charge in [0.1, 0.15) is 0 Å². The molecule has 0 unspecified atom stereocenters. The molecule has 1 aromatic carbocycles. The average molecular weight is 226 g/mol. The molecule has 0 atom stereocenters. The summed E-state index contributed by atoms with van der Waals surface area (Å²) >= 11 is 0. The molecule has 0 saturated heterocycles. The molecule has 1 saturated carbocycles. The number of hydrogen-bond donors (Lipinski definition) is 2. The summed E-state index contributed by atoms with van der Waals surface area (Å²) in [6, 6.07) is 3.16. The van der Waals surface area contributed by atoms with E-state index < -0.39 is 17.7 Å². The van der Waals surface area contributed by atoms with Crippen molar-refractivity contribution in [2.24, 2.45) is 5.92 Å². The van der Waals surface area contributed by atoms with Crippen LogP contribution in [0, 0.1) is 17.6 Å². The highest BCUT2D eigenvalue weighted by molar-refractivity contribution is 5.89. The van der Waals surface area contributed by atoms with Crippen molar-refractivity contribution >= 4 is 11.7 Å². The lowest BCUT2D eigenvalue weighted by Crippen LogP contribution is -2.30. The molecule has 1 fully saturated rings. The number of urea groups is 1. The third-order valence-electron chi connectivity index (χ3n) is 2.45. The van der Waals surface area contributed by atoms with Crippen LogP contribution in [0.25, 0.3) is 0 Å². The number of rotatable bonds is 3. The first kappa shape index (κ1) is 10.9. The second-order valence-corrected chi connectivity index (χ2v) is 3.88. The molecule has 2 N–H and O–H groups in total. The van der Waals surface area contributed by atoms with E-state index in [0.29, 0.717) is 12.5 Å². The van der Waals surface area contributed by atoms with Crippen molar-refractivity contribution in [2.45, 2.75) is 12.8 Å². The molecule has 1 aromatic rings. The Labute approximate surface area is 91.8 Å². The molecule has 2 rings (SSSR count). The number of carbonyl (C=O) groups excluding carboxylic acids is 1. The summed E-state index contributed by atoms with van der Waals surface area (Å²) < 4.78 is 26.0. The Hall–Kier alpha value is -1.65. The fraction of sp³-hybridized carbons (Fsp3) is 0.364. The predicted octanol–water partition coefficient (Wildman–Crippen LogP) is 2.50. The monoisotopic (exact) mass is 226 g/mol. The van der Waals surface area contributed by atoms with Crippen LogP contribution in [0.4, 0.5) is 19.3 Å². The van der Waals surface area contributed by atoms with Gasteiger partial charge in [0.25, 0.3) is 0 Å². The van der Waals surface area contributed by atoms with Crippen LogP contribution in [0.15, 0.2) is 18.2 Å². The van der Waals surface area contributed by atoms with Gasteiger partial charge < -0.3 is 10.6 Å². The molecular formula is C11H12F2N2O. The van der Waals surface area contributed by atoms with Crippen LogP contribution in [0.5, 0.6) is 0 Å². The van der Waals surface area contributed by atoms with Crippen LogP contribution in [0.2, 0.25) is 0 Å². The minimum absolute atomic E-state index is 0.145. The molecule has 0 heterocycles. The number of halogens is 2. The lowest BCUT2D eigenvalue weighted by atomic mass is 10.3. The van der Waals surface area contributed by atoms with Gasteiger partial charge in [0.05, 0.1) is 5.69 Å². The van der Waals surface area contributed by atoms with E-state index in [-0.39, 0.29) is 5.69 Å². The second-order valence-electron chi connectivity index (χ2n) is 3.88. The maximum absolute atomic E-state index is 13.2. The van der Waals surface area contributed by atoms with E-state index in [9.17, 15) is 13.6 Å². The highest BCUT2D eigenvalue weighted by Crippen LogP contribution is 2.27. The SMILES string of the molecule is O=C(NCC1CC1)Nc1cccc(F)c1F. The zero-order chi connectivity index (χ0) is 11.5. The molecule has 0 aromatic heterocycles. The van der Waals surface area contributed by atoms with Gasteiger partial charge in [-0.25, -0.2) is 13.6 Å². The lowest BCUT2D eigenvalue weighted by Gasteiger charge is -2.07. The summed E-state index contributed by atoms with van der Waals surface area (Å²) in [5.41, 5.74) is -0.145. The first-order valence-electron chi connectivity index (χ1n) is 5.15. The van der Waals surface area contributed by atoms with Gasteiger partial charge in [-0.1, -0.05) is 6.07 Å². The molecule has 5 heteroatoms. The van der Waals surface area contributed by atoms with Crippen LogP contribution in [0.1, 0.15) is 12.8 Å². The van der Waals surface area contributed by atoms with Crippen LogP contribution < -0.4 is 10.6 Å². The van der Waals surface area contributed by atoms with Crippen molar-refractivity contribution in [1.82, 2.24) is 5.32 Å². The van der Waals surface area contributed by atoms with Gasteiger partial charge in [-0.2, -0.15) is 0 Å². The molecule has 16 heavy (non-hydrogen) atoms. The number of amides is 2. The number of nitrogens with one attached hydrogen (secondary N) is 2. The maximum Gasteiger partial charge on any atom is 0.319 e. The quantitative estimate of drug-likeness (QED) is 0.816. The molecule has 0 bridgehead atoms. The van der Waals surface area contributed by atoms with E-state index in [1.807, 2.05) is 0 Å². The summed E-state index contributed by atoms with van der Waals surface area (Å²) in [5.74, 6) is -1.47. The predicted molar refractivity (Wildman–Crippen MR) is 56.1 cm³/mol. The van der Waals surface area contributed by atoms with Gasteiger partial charge in [-0.3, -0.25) is 0 Å². The van der Waals surface area contributed by atoms with Crippen LogP contribution in [-0.2, 0) is 0 Å². The molecule has 0 spiro atoms. The Kier molecular flexibility index (Phi) is 3.03. The Morgan fingerprint density at radius 2 is 2.12 bits per heavy atom. The average Bonchev–Trinajstić information content (AvgIpc) is 3.06. The van der Waals surface area contributed by atoms with E-state index >= 15 is 0 Å². The first-order valence-corrected chi connectivity index (χ1v) is 5.15. The Balaban J connectivity index is 1.91. The zero-order valence-electron chi connectivity index (χ0n) is 8.59. The largest absolute Gasteiger partial charge is 0.338 e. The number of hydrogen-bond acceptors (Lipinski definition) is 1. The molecule has 2 amide bonds. The number of carbonyl (C=O) groups is 1. The van der Waals surface area contributed by atoms with Crippen molar-refractivity contribution < 1.29 is 13.6 Å². The van der Waals surface area contributed by atoms with E-state index in [1.165, 1.54) is 12.1 Å². The van der Waals surface area contributed by atoms with Crippen molar-refractivity contribution in [1.29, 1.82) is 0 Å².